The van der Waals surface area contributed by atoms with Crippen LogP contribution in [-0.2, 0) is 17.9 Å². The molecule has 132 valence electrons. The fourth-order valence-electron chi connectivity index (χ4n) is 2.94. The molecule has 1 atom stereocenters. The van der Waals surface area contributed by atoms with Crippen molar-refractivity contribution in [3.8, 4) is 0 Å². The molecule has 3 rings (SSSR count). The second-order valence-electron chi connectivity index (χ2n) is 6.69. The van der Waals surface area contributed by atoms with Crippen LogP contribution in [0.1, 0.15) is 24.6 Å². The number of aromatic nitrogens is 2. The molecule has 2 amide bonds. The second-order valence-corrected chi connectivity index (χ2v) is 6.69. The van der Waals surface area contributed by atoms with E-state index >= 15 is 0 Å². The monoisotopic (exact) mass is 342 g/mol. The Morgan fingerprint density at radius 3 is 2.72 bits per heavy atom. The van der Waals surface area contributed by atoms with E-state index < -0.39 is 11.4 Å². The van der Waals surface area contributed by atoms with Crippen LogP contribution in [0, 0.1) is 5.41 Å². The third-order valence-electron chi connectivity index (χ3n) is 4.58. The number of nitrogens with zero attached hydrogens (tertiary/aromatic N) is 3. The zero-order valence-corrected chi connectivity index (χ0v) is 14.2. The predicted octanol–water partition coefficient (Wildman–Crippen LogP) is 1.94. The van der Waals surface area contributed by atoms with Crippen molar-refractivity contribution < 1.29 is 14.7 Å². The summed E-state index contributed by atoms with van der Waals surface area (Å²) >= 11 is 0. The maximum atomic E-state index is 12.2. The highest BCUT2D eigenvalue weighted by atomic mass is 16.4. The van der Waals surface area contributed by atoms with Crippen LogP contribution in [0.15, 0.2) is 42.6 Å². The standard InChI is InChI=1S/C18H22N4O3/c1-18(16(23)24)8-10-21(13-18)17(25)19-11-15-7-9-22(20-15)12-14-5-3-2-4-6-14/h2-7,9H,8,10-13H2,1H3,(H,19,25)(H,23,24). The highest BCUT2D eigenvalue weighted by molar-refractivity contribution is 5.79. The number of carbonyl (C=O) groups is 2. The van der Waals surface area contributed by atoms with Gasteiger partial charge >= 0.3 is 12.0 Å². The number of aliphatic carboxylic acids is 1. The summed E-state index contributed by atoms with van der Waals surface area (Å²) in [5.74, 6) is -0.859. The average molecular weight is 342 g/mol. The maximum absolute atomic E-state index is 12.2. The van der Waals surface area contributed by atoms with E-state index in [4.69, 9.17) is 0 Å². The van der Waals surface area contributed by atoms with E-state index in [1.54, 1.807) is 11.8 Å². The summed E-state index contributed by atoms with van der Waals surface area (Å²) < 4.78 is 1.83. The predicted molar refractivity (Wildman–Crippen MR) is 91.9 cm³/mol. The Kier molecular flexibility index (Phi) is 4.74. The Hall–Kier alpha value is -2.83. The lowest BCUT2D eigenvalue weighted by molar-refractivity contribution is -0.147. The van der Waals surface area contributed by atoms with E-state index in [9.17, 15) is 14.7 Å². The van der Waals surface area contributed by atoms with Gasteiger partial charge in [0.05, 0.1) is 24.2 Å². The number of rotatable bonds is 5. The Labute approximate surface area is 146 Å². The molecule has 0 spiro atoms. The van der Waals surface area contributed by atoms with Gasteiger partial charge in [-0.25, -0.2) is 4.79 Å². The molecule has 0 aliphatic carbocycles. The summed E-state index contributed by atoms with van der Waals surface area (Å²) in [6.45, 7) is 3.36. The molecular formula is C18H22N4O3. The summed E-state index contributed by atoms with van der Waals surface area (Å²) in [6, 6.07) is 11.6. The van der Waals surface area contributed by atoms with Crippen molar-refractivity contribution in [1.82, 2.24) is 20.0 Å². The summed E-state index contributed by atoms with van der Waals surface area (Å²) in [5, 5.41) is 16.5. The van der Waals surface area contributed by atoms with E-state index in [1.165, 1.54) is 0 Å². The molecule has 2 aromatic rings. The highest BCUT2D eigenvalue weighted by Crippen LogP contribution is 2.29. The van der Waals surface area contributed by atoms with Crippen molar-refractivity contribution >= 4 is 12.0 Å². The molecule has 1 aliphatic heterocycles. The molecule has 7 heteroatoms. The Morgan fingerprint density at radius 2 is 2.04 bits per heavy atom. The van der Waals surface area contributed by atoms with Gasteiger partial charge in [-0.3, -0.25) is 9.48 Å². The molecule has 0 saturated carbocycles. The van der Waals surface area contributed by atoms with Gasteiger partial charge in [-0.05, 0) is 25.0 Å². The molecule has 1 aliphatic rings. The minimum Gasteiger partial charge on any atom is -0.481 e. The Balaban J connectivity index is 1.51. The van der Waals surface area contributed by atoms with Crippen molar-refractivity contribution in [2.24, 2.45) is 5.41 Å². The van der Waals surface area contributed by atoms with Crippen LogP contribution < -0.4 is 5.32 Å². The summed E-state index contributed by atoms with van der Waals surface area (Å²) in [5.41, 5.74) is 1.07. The number of likely N-dealkylation sites (tertiary alicyclic amines) is 1. The number of carboxylic acids is 1. The van der Waals surface area contributed by atoms with E-state index in [-0.39, 0.29) is 12.6 Å². The minimum absolute atomic E-state index is 0.233. The summed E-state index contributed by atoms with van der Waals surface area (Å²) in [7, 11) is 0. The van der Waals surface area contributed by atoms with Crippen LogP contribution in [0.4, 0.5) is 4.79 Å². The molecule has 1 fully saturated rings. The second kappa shape index (κ2) is 6.96. The minimum atomic E-state index is -0.859. The first-order valence-corrected chi connectivity index (χ1v) is 8.29. The van der Waals surface area contributed by atoms with E-state index in [2.05, 4.69) is 10.4 Å². The van der Waals surface area contributed by atoms with Crippen molar-refractivity contribution in [2.75, 3.05) is 13.1 Å². The molecule has 0 bridgehead atoms. The van der Waals surface area contributed by atoms with Crippen LogP contribution >= 0.6 is 0 Å². The normalized spacial score (nSPS) is 19.8. The van der Waals surface area contributed by atoms with Crippen LogP contribution in [0.2, 0.25) is 0 Å². The largest absolute Gasteiger partial charge is 0.481 e. The molecule has 1 aromatic heterocycles. The molecule has 25 heavy (non-hydrogen) atoms. The van der Waals surface area contributed by atoms with Crippen LogP contribution in [0.3, 0.4) is 0 Å². The molecule has 1 unspecified atom stereocenters. The van der Waals surface area contributed by atoms with Gasteiger partial charge in [0, 0.05) is 19.3 Å². The zero-order valence-electron chi connectivity index (χ0n) is 14.2. The van der Waals surface area contributed by atoms with Gasteiger partial charge in [0.1, 0.15) is 0 Å². The first kappa shape index (κ1) is 17.0. The van der Waals surface area contributed by atoms with Crippen LogP contribution in [0.25, 0.3) is 0 Å². The smallest absolute Gasteiger partial charge is 0.317 e. The van der Waals surface area contributed by atoms with Crippen molar-refractivity contribution in [3.05, 3.63) is 53.9 Å². The number of hydrogen-bond acceptors (Lipinski definition) is 3. The Morgan fingerprint density at radius 1 is 1.28 bits per heavy atom. The van der Waals surface area contributed by atoms with Crippen LogP contribution in [-0.4, -0.2) is 44.9 Å². The molecular weight excluding hydrogens is 320 g/mol. The number of urea groups is 1. The summed E-state index contributed by atoms with van der Waals surface area (Å²) in [6.07, 6.45) is 2.35. The van der Waals surface area contributed by atoms with Gasteiger partial charge in [-0.2, -0.15) is 5.10 Å². The number of benzene rings is 1. The van der Waals surface area contributed by atoms with E-state index in [0.29, 0.717) is 26.1 Å². The van der Waals surface area contributed by atoms with Gasteiger partial charge < -0.3 is 15.3 Å². The number of nitrogens with one attached hydrogen (secondary N) is 1. The maximum Gasteiger partial charge on any atom is 0.317 e. The van der Waals surface area contributed by atoms with E-state index in [0.717, 1.165) is 11.3 Å². The zero-order chi connectivity index (χ0) is 17.9. The average Bonchev–Trinajstić information content (AvgIpc) is 3.21. The van der Waals surface area contributed by atoms with Crippen molar-refractivity contribution in [2.45, 2.75) is 26.4 Å². The molecule has 7 nitrogen and oxygen atoms in total. The SMILES string of the molecule is CC1(C(=O)O)CCN(C(=O)NCc2ccn(Cc3ccccc3)n2)C1. The molecule has 2 heterocycles. The van der Waals surface area contributed by atoms with Crippen LogP contribution in [0.5, 0.6) is 0 Å². The number of hydrogen-bond donors (Lipinski definition) is 2. The van der Waals surface area contributed by atoms with Gasteiger partial charge in [0.15, 0.2) is 0 Å². The lowest BCUT2D eigenvalue weighted by atomic mass is 9.90. The van der Waals surface area contributed by atoms with Gasteiger partial charge in [-0.15, -0.1) is 0 Å². The first-order chi connectivity index (χ1) is 12.0. The fraction of sp³-hybridized carbons (Fsp3) is 0.389. The quantitative estimate of drug-likeness (QED) is 0.869. The van der Waals surface area contributed by atoms with Crippen molar-refractivity contribution in [1.29, 1.82) is 0 Å². The number of amides is 2. The molecule has 1 saturated heterocycles. The first-order valence-electron chi connectivity index (χ1n) is 8.29. The topological polar surface area (TPSA) is 87.5 Å². The third kappa shape index (κ3) is 3.99. The molecule has 2 N–H and O–H groups in total. The lowest BCUT2D eigenvalue weighted by Gasteiger charge is -2.20. The van der Waals surface area contributed by atoms with Gasteiger partial charge in [0.2, 0.25) is 0 Å². The van der Waals surface area contributed by atoms with Gasteiger partial charge in [-0.1, -0.05) is 30.3 Å². The van der Waals surface area contributed by atoms with Crippen molar-refractivity contribution in [3.63, 3.8) is 0 Å². The summed E-state index contributed by atoms with van der Waals surface area (Å²) in [4.78, 5) is 25.0. The molecule has 0 radical (unpaired) electrons. The fourth-order valence-corrected chi connectivity index (χ4v) is 2.94. The van der Waals surface area contributed by atoms with Gasteiger partial charge in [0.25, 0.3) is 0 Å². The third-order valence-corrected chi connectivity index (χ3v) is 4.58. The number of carboxylic acid groups (broad SMARTS) is 1. The lowest BCUT2D eigenvalue weighted by Crippen LogP contribution is -2.40. The van der Waals surface area contributed by atoms with E-state index in [1.807, 2.05) is 47.3 Å². The highest BCUT2D eigenvalue weighted by Gasteiger charge is 2.42. The molecule has 1 aromatic carbocycles. The number of carbonyl (C=O) groups excluding carboxylic acids is 1. The Bertz CT molecular complexity index is 759.